The van der Waals surface area contributed by atoms with E-state index < -0.39 is 0 Å². The first-order chi connectivity index (χ1) is 14.1. The van der Waals surface area contributed by atoms with E-state index in [2.05, 4.69) is 50.5 Å². The average Bonchev–Trinajstić information content (AvgIpc) is 3.16. The number of nitrogens with zero attached hydrogens (tertiary/aromatic N) is 1. The lowest BCUT2D eigenvalue weighted by atomic mass is 9.82. The molecule has 1 aliphatic rings. The van der Waals surface area contributed by atoms with Gasteiger partial charge in [-0.05, 0) is 36.1 Å². The van der Waals surface area contributed by atoms with Crippen LogP contribution in [0.4, 0.5) is 0 Å². The van der Waals surface area contributed by atoms with Crippen LogP contribution in [0, 0.1) is 0 Å². The van der Waals surface area contributed by atoms with Gasteiger partial charge in [-0.1, -0.05) is 58.4 Å². The summed E-state index contributed by atoms with van der Waals surface area (Å²) in [7, 11) is 0. The molecule has 2 heterocycles. The molecule has 0 unspecified atom stereocenters. The summed E-state index contributed by atoms with van der Waals surface area (Å²) in [6.45, 7) is 1.29. The molecule has 1 aromatic heterocycles. The van der Waals surface area contributed by atoms with Crippen LogP contribution in [0.5, 0.6) is 0 Å². The lowest BCUT2D eigenvalue weighted by molar-refractivity contribution is -0.123. The summed E-state index contributed by atoms with van der Waals surface area (Å²) in [6, 6.07) is 18.5. The number of amides is 1. The van der Waals surface area contributed by atoms with Crippen molar-refractivity contribution in [2.45, 2.75) is 31.2 Å². The molecular weight excluding hydrogens is 448 g/mol. The van der Waals surface area contributed by atoms with Crippen LogP contribution >= 0.6 is 27.3 Å². The topological polar surface area (TPSA) is 51.2 Å². The Morgan fingerprint density at radius 1 is 1.14 bits per heavy atom. The summed E-state index contributed by atoms with van der Waals surface area (Å²) in [6.07, 6.45) is 2.63. The van der Waals surface area contributed by atoms with Gasteiger partial charge in [-0.15, -0.1) is 11.3 Å². The van der Waals surface area contributed by atoms with E-state index in [9.17, 15) is 4.79 Å². The van der Waals surface area contributed by atoms with Crippen LogP contribution in [0.25, 0.3) is 0 Å². The van der Waals surface area contributed by atoms with E-state index in [1.54, 1.807) is 11.3 Å². The predicted molar refractivity (Wildman–Crippen MR) is 119 cm³/mol. The molecule has 0 atom stereocenters. The Balaban J connectivity index is 1.45. The van der Waals surface area contributed by atoms with E-state index in [4.69, 9.17) is 4.74 Å². The average molecular weight is 471 g/mol. The molecule has 0 radical (unpaired) electrons. The zero-order valence-electron chi connectivity index (χ0n) is 16.1. The number of hydrogen-bond donors (Lipinski definition) is 1. The Morgan fingerprint density at radius 3 is 2.69 bits per heavy atom. The molecule has 4 rings (SSSR count). The van der Waals surface area contributed by atoms with Crippen molar-refractivity contribution in [1.29, 1.82) is 0 Å². The minimum absolute atomic E-state index is 0.00318. The Hall–Kier alpha value is -2.02. The van der Waals surface area contributed by atoms with E-state index in [1.165, 1.54) is 5.56 Å². The molecular formula is C23H23BrN2O2S. The third-order valence-corrected chi connectivity index (χ3v) is 6.63. The van der Waals surface area contributed by atoms with Crippen LogP contribution in [0.15, 0.2) is 64.5 Å². The number of aromatic nitrogens is 1. The van der Waals surface area contributed by atoms with Gasteiger partial charge in [0.1, 0.15) is 0 Å². The van der Waals surface area contributed by atoms with E-state index in [-0.39, 0.29) is 11.4 Å². The number of nitrogens with one attached hydrogen (secondary N) is 1. The van der Waals surface area contributed by atoms with Gasteiger partial charge in [-0.25, -0.2) is 4.98 Å². The van der Waals surface area contributed by atoms with Crippen LogP contribution in [0.2, 0.25) is 0 Å². The zero-order valence-corrected chi connectivity index (χ0v) is 18.5. The Labute approximate surface area is 183 Å². The van der Waals surface area contributed by atoms with E-state index >= 15 is 0 Å². The highest BCUT2D eigenvalue weighted by Crippen LogP contribution is 2.33. The van der Waals surface area contributed by atoms with Gasteiger partial charge in [-0.2, -0.15) is 0 Å². The maximum atomic E-state index is 12.9. The lowest BCUT2D eigenvalue weighted by Crippen LogP contribution is -2.50. The molecule has 2 aromatic carbocycles. The van der Waals surface area contributed by atoms with Gasteiger partial charge < -0.3 is 10.1 Å². The molecule has 1 amide bonds. The number of benzene rings is 2. The summed E-state index contributed by atoms with van der Waals surface area (Å²) in [5, 5.41) is 6.34. The van der Waals surface area contributed by atoms with Gasteiger partial charge in [-0.3, -0.25) is 4.79 Å². The fourth-order valence-electron chi connectivity index (χ4n) is 3.75. The molecule has 1 N–H and O–H groups in total. The van der Waals surface area contributed by atoms with Gasteiger partial charge in [0.05, 0.1) is 22.7 Å². The van der Waals surface area contributed by atoms with Crippen molar-refractivity contribution < 1.29 is 9.53 Å². The first kappa shape index (κ1) is 20.3. The van der Waals surface area contributed by atoms with E-state index in [1.807, 2.05) is 35.7 Å². The summed E-state index contributed by atoms with van der Waals surface area (Å²) < 4.78 is 6.58. The third kappa shape index (κ3) is 5.13. The highest BCUT2D eigenvalue weighted by Gasteiger charge is 2.36. The predicted octanol–water partition coefficient (Wildman–Crippen LogP) is 4.86. The Bertz CT molecular complexity index is 968. The second-order valence-electron chi connectivity index (χ2n) is 7.32. The first-order valence-electron chi connectivity index (χ1n) is 9.75. The molecule has 29 heavy (non-hydrogen) atoms. The summed E-state index contributed by atoms with van der Waals surface area (Å²) in [5.74, 6) is 0.00318. The van der Waals surface area contributed by atoms with Gasteiger partial charge in [0.15, 0.2) is 0 Å². The van der Waals surface area contributed by atoms with Crippen molar-refractivity contribution in [3.05, 3.63) is 86.3 Å². The zero-order chi connectivity index (χ0) is 20.1. The molecule has 1 fully saturated rings. The van der Waals surface area contributed by atoms with Crippen LogP contribution in [0.3, 0.4) is 0 Å². The number of halogens is 1. The minimum Gasteiger partial charge on any atom is -0.381 e. The number of thiazole rings is 1. The fourth-order valence-corrected chi connectivity index (χ4v) is 4.98. The molecule has 6 heteroatoms. The maximum absolute atomic E-state index is 12.9. The van der Waals surface area contributed by atoms with Crippen LogP contribution in [-0.4, -0.2) is 24.1 Å². The van der Waals surface area contributed by atoms with Gasteiger partial charge >= 0.3 is 0 Å². The van der Waals surface area contributed by atoms with Crippen molar-refractivity contribution in [3.63, 3.8) is 0 Å². The van der Waals surface area contributed by atoms with Crippen molar-refractivity contribution in [2.75, 3.05) is 13.2 Å². The minimum atomic E-state index is -0.387. The number of ether oxygens (including phenoxy) is 1. The number of carbonyl (C=O) groups excluding carboxylic acids is 1. The highest BCUT2D eigenvalue weighted by molar-refractivity contribution is 9.10. The second-order valence-corrected chi connectivity index (χ2v) is 9.18. The lowest BCUT2D eigenvalue weighted by Gasteiger charge is -2.38. The van der Waals surface area contributed by atoms with Crippen molar-refractivity contribution in [3.8, 4) is 0 Å². The van der Waals surface area contributed by atoms with E-state index in [0.29, 0.717) is 19.6 Å². The monoisotopic (exact) mass is 470 g/mol. The van der Waals surface area contributed by atoms with Crippen LogP contribution in [0.1, 0.15) is 34.7 Å². The number of rotatable bonds is 6. The largest absolute Gasteiger partial charge is 0.381 e. The molecule has 3 aromatic rings. The SMILES string of the molecule is O=C(Cc1csc(Cc2ccccc2)n1)NC1(c2cccc(Br)c2)CCOCC1. The van der Waals surface area contributed by atoms with Gasteiger partial charge in [0, 0.05) is 29.5 Å². The molecule has 1 aliphatic heterocycles. The molecule has 1 saturated heterocycles. The van der Waals surface area contributed by atoms with Crippen LogP contribution in [-0.2, 0) is 27.9 Å². The standard InChI is InChI=1S/C23H23BrN2O2S/c24-19-8-4-7-18(14-19)23(9-11-28-12-10-23)26-21(27)15-20-16-29-22(25-20)13-17-5-2-1-3-6-17/h1-8,14,16H,9-13,15H2,(H,26,27). The molecule has 0 spiro atoms. The Morgan fingerprint density at radius 2 is 1.93 bits per heavy atom. The highest BCUT2D eigenvalue weighted by atomic mass is 79.9. The molecule has 0 bridgehead atoms. The van der Waals surface area contributed by atoms with Crippen molar-refractivity contribution in [2.24, 2.45) is 0 Å². The molecule has 0 aliphatic carbocycles. The summed E-state index contributed by atoms with van der Waals surface area (Å²) in [5.41, 5.74) is 2.79. The van der Waals surface area contributed by atoms with Gasteiger partial charge in [0.2, 0.25) is 5.91 Å². The third-order valence-electron chi connectivity index (χ3n) is 5.24. The van der Waals surface area contributed by atoms with Crippen molar-refractivity contribution in [1.82, 2.24) is 10.3 Å². The number of hydrogen-bond acceptors (Lipinski definition) is 4. The number of carbonyl (C=O) groups is 1. The van der Waals surface area contributed by atoms with Crippen molar-refractivity contribution >= 4 is 33.2 Å². The van der Waals surface area contributed by atoms with Gasteiger partial charge in [0.25, 0.3) is 0 Å². The van der Waals surface area contributed by atoms with E-state index in [0.717, 1.165) is 40.0 Å². The first-order valence-corrected chi connectivity index (χ1v) is 11.4. The maximum Gasteiger partial charge on any atom is 0.226 e. The second kappa shape index (κ2) is 9.20. The quantitative estimate of drug-likeness (QED) is 0.559. The molecule has 150 valence electrons. The van der Waals surface area contributed by atoms with Crippen LogP contribution < -0.4 is 5.32 Å². The molecule has 0 saturated carbocycles. The Kier molecular flexibility index (Phi) is 6.43. The smallest absolute Gasteiger partial charge is 0.226 e. The summed E-state index contributed by atoms with van der Waals surface area (Å²) in [4.78, 5) is 17.6. The normalized spacial score (nSPS) is 15.8. The molecule has 4 nitrogen and oxygen atoms in total. The summed E-state index contributed by atoms with van der Waals surface area (Å²) >= 11 is 5.16. The fraction of sp³-hybridized carbons (Fsp3) is 0.304.